The molecule has 0 unspecified atom stereocenters. The zero-order valence-electron chi connectivity index (χ0n) is 8.23. The third-order valence-electron chi connectivity index (χ3n) is 2.75. The van der Waals surface area contributed by atoms with Crippen LogP contribution in [0, 0.1) is 5.92 Å². The van der Waals surface area contributed by atoms with Crippen molar-refractivity contribution in [2.75, 3.05) is 13.1 Å². The predicted molar refractivity (Wildman–Crippen MR) is 55.9 cm³/mol. The highest BCUT2D eigenvalue weighted by Gasteiger charge is 2.21. The Kier molecular flexibility index (Phi) is 2.94. The minimum absolute atomic E-state index is 0.263. The van der Waals surface area contributed by atoms with Gasteiger partial charge in [0.25, 0.3) is 0 Å². The SMILES string of the molecule is O=C[C@H]1CCN(Cc2ccccc2)C1. The number of rotatable bonds is 3. The lowest BCUT2D eigenvalue weighted by atomic mass is 10.1. The van der Waals surface area contributed by atoms with Crippen molar-refractivity contribution in [3.05, 3.63) is 35.9 Å². The molecule has 2 nitrogen and oxygen atoms in total. The molecule has 0 aromatic heterocycles. The summed E-state index contributed by atoms with van der Waals surface area (Å²) < 4.78 is 0. The first kappa shape index (κ1) is 9.41. The maximum absolute atomic E-state index is 10.6. The lowest BCUT2D eigenvalue weighted by Gasteiger charge is -2.14. The van der Waals surface area contributed by atoms with Gasteiger partial charge in [0.1, 0.15) is 6.29 Å². The minimum atomic E-state index is 0.263. The van der Waals surface area contributed by atoms with Crippen LogP contribution in [0.25, 0.3) is 0 Å². The molecule has 1 saturated heterocycles. The van der Waals surface area contributed by atoms with E-state index in [1.165, 1.54) is 5.56 Å². The summed E-state index contributed by atoms with van der Waals surface area (Å²) in [5.74, 6) is 0.263. The molecule has 0 saturated carbocycles. The third-order valence-corrected chi connectivity index (χ3v) is 2.75. The van der Waals surface area contributed by atoms with Gasteiger partial charge >= 0.3 is 0 Å². The van der Waals surface area contributed by atoms with Gasteiger partial charge in [-0.05, 0) is 18.5 Å². The molecular weight excluding hydrogens is 174 g/mol. The Morgan fingerprint density at radius 1 is 1.36 bits per heavy atom. The number of carbonyl (C=O) groups excluding carboxylic acids is 1. The lowest BCUT2D eigenvalue weighted by Crippen LogP contribution is -2.20. The summed E-state index contributed by atoms with van der Waals surface area (Å²) in [5, 5.41) is 0. The van der Waals surface area contributed by atoms with E-state index < -0.39 is 0 Å². The molecule has 1 aromatic carbocycles. The van der Waals surface area contributed by atoms with Gasteiger partial charge in [0.2, 0.25) is 0 Å². The zero-order chi connectivity index (χ0) is 9.80. The minimum Gasteiger partial charge on any atom is -0.303 e. The van der Waals surface area contributed by atoms with Gasteiger partial charge in [-0.2, -0.15) is 0 Å². The normalized spacial score (nSPS) is 22.4. The fourth-order valence-corrected chi connectivity index (χ4v) is 1.96. The Balaban J connectivity index is 1.90. The molecule has 0 amide bonds. The molecule has 0 N–H and O–H groups in total. The Morgan fingerprint density at radius 3 is 2.79 bits per heavy atom. The van der Waals surface area contributed by atoms with Crippen molar-refractivity contribution in [2.24, 2.45) is 5.92 Å². The topological polar surface area (TPSA) is 20.3 Å². The predicted octanol–water partition coefficient (Wildman–Crippen LogP) is 1.71. The van der Waals surface area contributed by atoms with Crippen LogP contribution in [0.3, 0.4) is 0 Å². The number of hydrogen-bond donors (Lipinski definition) is 0. The average Bonchev–Trinajstić information content (AvgIpc) is 2.67. The fraction of sp³-hybridized carbons (Fsp3) is 0.417. The van der Waals surface area contributed by atoms with Gasteiger partial charge in [0.05, 0.1) is 0 Å². The molecule has 0 aliphatic carbocycles. The van der Waals surface area contributed by atoms with Gasteiger partial charge < -0.3 is 4.79 Å². The highest BCUT2D eigenvalue weighted by Crippen LogP contribution is 2.16. The van der Waals surface area contributed by atoms with Crippen LogP contribution in [0.2, 0.25) is 0 Å². The average molecular weight is 189 g/mol. The number of hydrogen-bond acceptors (Lipinski definition) is 2. The van der Waals surface area contributed by atoms with Crippen molar-refractivity contribution < 1.29 is 4.79 Å². The van der Waals surface area contributed by atoms with Crippen LogP contribution < -0.4 is 0 Å². The Bertz CT molecular complexity index is 296. The summed E-state index contributed by atoms with van der Waals surface area (Å²) in [6.45, 7) is 2.96. The van der Waals surface area contributed by atoms with Crippen LogP contribution in [0.1, 0.15) is 12.0 Å². The molecule has 1 heterocycles. The number of aldehydes is 1. The van der Waals surface area contributed by atoms with E-state index in [1.807, 2.05) is 6.07 Å². The second kappa shape index (κ2) is 4.38. The first-order valence-corrected chi connectivity index (χ1v) is 5.10. The van der Waals surface area contributed by atoms with Crippen molar-refractivity contribution in [1.29, 1.82) is 0 Å². The highest BCUT2D eigenvalue weighted by atomic mass is 16.1. The molecule has 1 fully saturated rings. The molecule has 2 rings (SSSR count). The summed E-state index contributed by atoms with van der Waals surface area (Å²) in [7, 11) is 0. The van der Waals surface area contributed by atoms with Crippen LogP contribution in [0.5, 0.6) is 0 Å². The highest BCUT2D eigenvalue weighted by molar-refractivity contribution is 5.54. The largest absolute Gasteiger partial charge is 0.303 e. The van der Waals surface area contributed by atoms with Crippen molar-refractivity contribution >= 4 is 6.29 Å². The summed E-state index contributed by atoms with van der Waals surface area (Å²) in [4.78, 5) is 12.9. The lowest BCUT2D eigenvalue weighted by molar-refractivity contribution is -0.110. The Hall–Kier alpha value is -1.15. The van der Waals surface area contributed by atoms with E-state index in [0.29, 0.717) is 0 Å². The zero-order valence-corrected chi connectivity index (χ0v) is 8.23. The summed E-state index contributed by atoms with van der Waals surface area (Å²) in [5.41, 5.74) is 1.33. The molecular formula is C12H15NO. The van der Waals surface area contributed by atoms with E-state index in [0.717, 1.165) is 32.3 Å². The number of nitrogens with zero attached hydrogens (tertiary/aromatic N) is 1. The molecule has 1 aliphatic heterocycles. The molecule has 0 bridgehead atoms. The maximum atomic E-state index is 10.6. The number of carbonyl (C=O) groups is 1. The standard InChI is InChI=1S/C12H15NO/c14-10-12-6-7-13(9-12)8-11-4-2-1-3-5-11/h1-5,10,12H,6-9H2/t12-/m0/s1. The van der Waals surface area contributed by atoms with E-state index in [-0.39, 0.29) is 5.92 Å². The monoisotopic (exact) mass is 189 g/mol. The third kappa shape index (κ3) is 2.20. The van der Waals surface area contributed by atoms with Gasteiger partial charge in [-0.15, -0.1) is 0 Å². The second-order valence-electron chi connectivity index (χ2n) is 3.91. The Labute approximate surface area is 84.5 Å². The van der Waals surface area contributed by atoms with E-state index in [1.54, 1.807) is 0 Å². The summed E-state index contributed by atoms with van der Waals surface area (Å²) >= 11 is 0. The summed E-state index contributed by atoms with van der Waals surface area (Å²) in [6.07, 6.45) is 2.11. The van der Waals surface area contributed by atoms with Crippen LogP contribution in [0.4, 0.5) is 0 Å². The smallest absolute Gasteiger partial charge is 0.124 e. The molecule has 74 valence electrons. The van der Waals surface area contributed by atoms with Gasteiger partial charge in [0, 0.05) is 19.0 Å². The molecule has 14 heavy (non-hydrogen) atoms. The van der Waals surface area contributed by atoms with E-state index in [4.69, 9.17) is 0 Å². The number of benzene rings is 1. The Morgan fingerprint density at radius 2 is 2.14 bits per heavy atom. The van der Waals surface area contributed by atoms with E-state index >= 15 is 0 Å². The van der Waals surface area contributed by atoms with E-state index in [9.17, 15) is 4.79 Å². The first-order valence-electron chi connectivity index (χ1n) is 5.10. The molecule has 1 aliphatic rings. The quantitative estimate of drug-likeness (QED) is 0.675. The van der Waals surface area contributed by atoms with Crippen LogP contribution >= 0.6 is 0 Å². The van der Waals surface area contributed by atoms with Gasteiger partial charge in [0.15, 0.2) is 0 Å². The first-order chi connectivity index (χ1) is 6.88. The molecule has 1 aromatic rings. The van der Waals surface area contributed by atoms with Crippen molar-refractivity contribution in [3.63, 3.8) is 0 Å². The molecule has 2 heteroatoms. The molecule has 0 radical (unpaired) electrons. The maximum Gasteiger partial charge on any atom is 0.124 e. The van der Waals surface area contributed by atoms with Gasteiger partial charge in [-0.25, -0.2) is 0 Å². The fourth-order valence-electron chi connectivity index (χ4n) is 1.96. The van der Waals surface area contributed by atoms with Gasteiger partial charge in [-0.1, -0.05) is 30.3 Å². The second-order valence-corrected chi connectivity index (χ2v) is 3.91. The van der Waals surface area contributed by atoms with Crippen LogP contribution in [-0.4, -0.2) is 24.3 Å². The molecule has 1 atom stereocenters. The molecule has 0 spiro atoms. The van der Waals surface area contributed by atoms with Crippen molar-refractivity contribution in [3.8, 4) is 0 Å². The van der Waals surface area contributed by atoms with E-state index in [2.05, 4.69) is 29.2 Å². The number of likely N-dealkylation sites (tertiary alicyclic amines) is 1. The van der Waals surface area contributed by atoms with Gasteiger partial charge in [-0.3, -0.25) is 4.90 Å². The van der Waals surface area contributed by atoms with Crippen LogP contribution in [-0.2, 0) is 11.3 Å². The van der Waals surface area contributed by atoms with Crippen LogP contribution in [0.15, 0.2) is 30.3 Å². The summed E-state index contributed by atoms with van der Waals surface area (Å²) in [6, 6.07) is 10.4. The van der Waals surface area contributed by atoms with Crippen molar-refractivity contribution in [2.45, 2.75) is 13.0 Å². The van der Waals surface area contributed by atoms with Crippen molar-refractivity contribution in [1.82, 2.24) is 4.90 Å².